The minimum Gasteiger partial charge on any atom is -0.352 e. The largest absolute Gasteiger partial charge is 0.352 e. The number of aromatic nitrogens is 4. The molecule has 9 heteroatoms. The van der Waals surface area contributed by atoms with Crippen LogP contribution in [0.5, 0.6) is 0 Å². The van der Waals surface area contributed by atoms with Crippen LogP contribution in [0, 0.1) is 13.8 Å². The number of sulfonamides is 1. The van der Waals surface area contributed by atoms with Crippen LogP contribution in [0.15, 0.2) is 18.2 Å². The van der Waals surface area contributed by atoms with E-state index in [0.29, 0.717) is 32.0 Å². The van der Waals surface area contributed by atoms with Gasteiger partial charge in [0.05, 0.1) is 11.4 Å². The summed E-state index contributed by atoms with van der Waals surface area (Å²) in [6, 6.07) is 5.78. The lowest BCUT2D eigenvalue weighted by atomic mass is 10.3. The van der Waals surface area contributed by atoms with Crippen molar-refractivity contribution in [2.24, 2.45) is 0 Å². The van der Waals surface area contributed by atoms with Gasteiger partial charge in [-0.1, -0.05) is 0 Å². The van der Waals surface area contributed by atoms with E-state index in [1.165, 1.54) is 0 Å². The summed E-state index contributed by atoms with van der Waals surface area (Å²) in [6.45, 7) is 7.79. The van der Waals surface area contributed by atoms with Gasteiger partial charge in [-0.25, -0.2) is 13.1 Å². The van der Waals surface area contributed by atoms with Crippen LogP contribution in [0.2, 0.25) is 0 Å². The van der Waals surface area contributed by atoms with E-state index in [2.05, 4.69) is 20.2 Å². The van der Waals surface area contributed by atoms with Crippen molar-refractivity contribution in [3.05, 3.63) is 29.6 Å². The average Bonchev–Trinajstić information content (AvgIpc) is 2.93. The molecule has 1 aliphatic heterocycles. The van der Waals surface area contributed by atoms with Crippen LogP contribution in [-0.4, -0.2) is 64.6 Å². The molecule has 2 aromatic heterocycles. The molecule has 0 amide bonds. The maximum atomic E-state index is 11.9. The van der Waals surface area contributed by atoms with E-state index in [1.54, 1.807) is 15.9 Å². The van der Waals surface area contributed by atoms with Gasteiger partial charge in [-0.3, -0.25) is 0 Å². The van der Waals surface area contributed by atoms with Gasteiger partial charge < -0.3 is 4.90 Å². The number of hydrogen-bond acceptors (Lipinski definition) is 6. The van der Waals surface area contributed by atoms with E-state index in [0.717, 1.165) is 17.2 Å². The highest BCUT2D eigenvalue weighted by Crippen LogP contribution is 2.16. The van der Waals surface area contributed by atoms with E-state index in [9.17, 15) is 8.42 Å². The molecule has 1 aliphatic rings. The summed E-state index contributed by atoms with van der Waals surface area (Å²) in [5.74, 6) is 1.58. The number of nitrogens with zero attached hydrogens (tertiary/aromatic N) is 6. The third-order valence-electron chi connectivity index (χ3n) is 4.18. The van der Waals surface area contributed by atoms with E-state index >= 15 is 0 Å². The maximum absolute atomic E-state index is 11.9. The van der Waals surface area contributed by atoms with Crippen molar-refractivity contribution < 1.29 is 8.42 Å². The lowest BCUT2D eigenvalue weighted by molar-refractivity contribution is 0.384. The maximum Gasteiger partial charge on any atom is 0.213 e. The Kier molecular flexibility index (Phi) is 4.55. The molecular formula is C15H22N6O2S. The molecular weight excluding hydrogens is 328 g/mol. The normalized spacial score (nSPS) is 16.5. The van der Waals surface area contributed by atoms with Crippen molar-refractivity contribution in [3.63, 3.8) is 0 Å². The van der Waals surface area contributed by atoms with Crippen LogP contribution in [0.25, 0.3) is 5.82 Å². The first kappa shape index (κ1) is 16.8. The van der Waals surface area contributed by atoms with E-state index in [1.807, 2.05) is 32.0 Å². The van der Waals surface area contributed by atoms with Crippen LogP contribution in [0.1, 0.15) is 18.3 Å². The van der Waals surface area contributed by atoms with Crippen molar-refractivity contribution in [2.75, 3.05) is 36.8 Å². The number of anilines is 1. The molecule has 0 aromatic carbocycles. The van der Waals surface area contributed by atoms with Crippen molar-refractivity contribution in [1.82, 2.24) is 24.3 Å². The van der Waals surface area contributed by atoms with Crippen LogP contribution in [0.3, 0.4) is 0 Å². The fourth-order valence-electron chi connectivity index (χ4n) is 2.84. The van der Waals surface area contributed by atoms with Gasteiger partial charge in [-0.05, 0) is 39.0 Å². The van der Waals surface area contributed by atoms with Gasteiger partial charge >= 0.3 is 0 Å². The molecule has 0 saturated carbocycles. The molecule has 0 bridgehead atoms. The second kappa shape index (κ2) is 6.48. The molecule has 3 rings (SSSR count). The van der Waals surface area contributed by atoms with Crippen LogP contribution in [0.4, 0.5) is 5.82 Å². The molecule has 8 nitrogen and oxygen atoms in total. The highest BCUT2D eigenvalue weighted by molar-refractivity contribution is 7.89. The zero-order valence-electron chi connectivity index (χ0n) is 14.2. The Morgan fingerprint density at radius 1 is 1.04 bits per heavy atom. The van der Waals surface area contributed by atoms with Crippen molar-refractivity contribution in [2.45, 2.75) is 20.8 Å². The smallest absolute Gasteiger partial charge is 0.213 e. The summed E-state index contributed by atoms with van der Waals surface area (Å²) in [4.78, 5) is 2.06. The first-order chi connectivity index (χ1) is 11.4. The zero-order valence-corrected chi connectivity index (χ0v) is 15.0. The summed E-state index contributed by atoms with van der Waals surface area (Å²) >= 11 is 0. The molecule has 0 atom stereocenters. The minimum absolute atomic E-state index is 0.143. The number of rotatable bonds is 4. The number of hydrogen-bond donors (Lipinski definition) is 0. The summed E-state index contributed by atoms with van der Waals surface area (Å²) in [5, 5.41) is 12.9. The predicted molar refractivity (Wildman–Crippen MR) is 91.9 cm³/mol. The van der Waals surface area contributed by atoms with Gasteiger partial charge in [0.2, 0.25) is 10.0 Å². The molecule has 1 fully saturated rings. The van der Waals surface area contributed by atoms with Crippen molar-refractivity contribution >= 4 is 15.8 Å². The topological polar surface area (TPSA) is 84.2 Å². The van der Waals surface area contributed by atoms with E-state index in [4.69, 9.17) is 0 Å². The fraction of sp³-hybridized carbons (Fsp3) is 0.533. The molecule has 0 spiro atoms. The quantitative estimate of drug-likeness (QED) is 0.809. The standard InChI is InChI=1S/C15H22N6O2S/c1-4-24(22,23)20-9-7-19(8-10-20)14-5-6-15(17-16-14)21-13(3)11-12(2)18-21/h5-6,11H,4,7-10H2,1-3H3. The Morgan fingerprint density at radius 3 is 2.17 bits per heavy atom. The lowest BCUT2D eigenvalue weighted by Crippen LogP contribution is -2.49. The van der Waals surface area contributed by atoms with Crippen molar-refractivity contribution in [3.8, 4) is 5.82 Å². The van der Waals surface area contributed by atoms with Gasteiger partial charge in [0.15, 0.2) is 11.6 Å². The summed E-state index contributed by atoms with van der Waals surface area (Å²) in [7, 11) is -3.11. The first-order valence-corrected chi connectivity index (χ1v) is 9.62. The Hall–Kier alpha value is -2.00. The predicted octanol–water partition coefficient (Wildman–Crippen LogP) is 0.751. The lowest BCUT2D eigenvalue weighted by Gasteiger charge is -2.34. The van der Waals surface area contributed by atoms with E-state index < -0.39 is 10.0 Å². The average molecular weight is 350 g/mol. The second-order valence-electron chi connectivity index (χ2n) is 5.88. The summed E-state index contributed by atoms with van der Waals surface area (Å²) in [6.07, 6.45) is 0. The second-order valence-corrected chi connectivity index (χ2v) is 8.13. The fourth-order valence-corrected chi connectivity index (χ4v) is 3.92. The Balaban J connectivity index is 1.70. The molecule has 0 unspecified atom stereocenters. The SMILES string of the molecule is CCS(=O)(=O)N1CCN(c2ccc(-n3nc(C)cc3C)nn2)CC1. The molecule has 24 heavy (non-hydrogen) atoms. The van der Waals surface area contributed by atoms with Crippen LogP contribution >= 0.6 is 0 Å². The van der Waals surface area contributed by atoms with Crippen molar-refractivity contribution in [1.29, 1.82) is 0 Å². The Bertz CT molecular complexity index is 807. The molecule has 3 heterocycles. The van der Waals surface area contributed by atoms with Crippen LogP contribution < -0.4 is 4.90 Å². The van der Waals surface area contributed by atoms with Gasteiger partial charge in [-0.2, -0.15) is 9.40 Å². The minimum atomic E-state index is -3.11. The Morgan fingerprint density at radius 2 is 1.67 bits per heavy atom. The van der Waals surface area contributed by atoms with E-state index in [-0.39, 0.29) is 5.75 Å². The zero-order chi connectivity index (χ0) is 17.3. The van der Waals surface area contributed by atoms with Gasteiger partial charge in [-0.15, -0.1) is 10.2 Å². The highest BCUT2D eigenvalue weighted by atomic mass is 32.2. The highest BCUT2D eigenvalue weighted by Gasteiger charge is 2.26. The van der Waals surface area contributed by atoms with Crippen LogP contribution in [-0.2, 0) is 10.0 Å². The molecule has 2 aromatic rings. The third kappa shape index (κ3) is 3.27. The molecule has 0 N–H and O–H groups in total. The van der Waals surface area contributed by atoms with Gasteiger partial charge in [0, 0.05) is 31.9 Å². The van der Waals surface area contributed by atoms with Gasteiger partial charge in [0.1, 0.15) is 0 Å². The summed E-state index contributed by atoms with van der Waals surface area (Å²) in [5.41, 5.74) is 1.94. The summed E-state index contributed by atoms with van der Waals surface area (Å²) < 4.78 is 27.1. The number of aryl methyl sites for hydroxylation is 2. The van der Waals surface area contributed by atoms with Gasteiger partial charge in [0.25, 0.3) is 0 Å². The third-order valence-corrected chi connectivity index (χ3v) is 6.07. The molecule has 130 valence electrons. The molecule has 0 aliphatic carbocycles. The first-order valence-electron chi connectivity index (χ1n) is 8.01. The molecule has 1 saturated heterocycles. The Labute approximate surface area is 142 Å². The molecule has 0 radical (unpaired) electrons. The number of piperazine rings is 1. The monoisotopic (exact) mass is 350 g/mol.